The van der Waals surface area contributed by atoms with Gasteiger partial charge < -0.3 is 0 Å². The Morgan fingerprint density at radius 1 is 1.32 bits per heavy atom. The molecule has 1 N–H and O–H groups in total. The van der Waals surface area contributed by atoms with E-state index in [0.29, 0.717) is 21.8 Å². The molecule has 1 aliphatic heterocycles. The summed E-state index contributed by atoms with van der Waals surface area (Å²) >= 11 is 0.526. The minimum absolute atomic E-state index is 0.526. The van der Waals surface area contributed by atoms with Crippen molar-refractivity contribution in [3.05, 3.63) is 18.3 Å². The Labute approximate surface area is 122 Å². The zero-order valence-corrected chi connectivity index (χ0v) is 13.6. The predicted molar refractivity (Wildman–Crippen MR) is 82.3 cm³/mol. The second-order valence-corrected chi connectivity index (χ2v) is 8.29. The second-order valence-electron chi connectivity index (χ2n) is 5.67. The third-order valence-corrected chi connectivity index (χ3v) is 6.76. The number of nitrogens with one attached hydrogen (secondary N) is 1. The van der Waals surface area contributed by atoms with Crippen molar-refractivity contribution >= 4 is 27.3 Å². The van der Waals surface area contributed by atoms with Crippen molar-refractivity contribution in [3.63, 3.8) is 0 Å². The zero-order chi connectivity index (χ0) is 13.1. The van der Waals surface area contributed by atoms with E-state index in [0.717, 1.165) is 10.5 Å². The van der Waals surface area contributed by atoms with Crippen molar-refractivity contribution in [2.24, 2.45) is 0 Å². The summed E-state index contributed by atoms with van der Waals surface area (Å²) in [7, 11) is 0. The third kappa shape index (κ3) is 3.25. The molecule has 0 spiro atoms. The molecule has 2 heterocycles. The van der Waals surface area contributed by atoms with Crippen LogP contribution in [0.25, 0.3) is 0 Å². The van der Waals surface area contributed by atoms with Gasteiger partial charge in [-0.2, -0.15) is 0 Å². The Balaban J connectivity index is 1.65. The first-order valence-electron chi connectivity index (χ1n) is 7.41. The number of anilines is 2. The molecule has 1 saturated carbocycles. The van der Waals surface area contributed by atoms with Crippen LogP contribution in [-0.4, -0.2) is 39.9 Å². The molecule has 103 valence electrons. The topological polar surface area (TPSA) is 28.2 Å². The predicted octanol–water partition coefficient (Wildman–Crippen LogP) is 3.19. The first kappa shape index (κ1) is 13.3. The number of rotatable bonds is 4. The van der Waals surface area contributed by atoms with Gasteiger partial charge in [0.1, 0.15) is 0 Å². The maximum atomic E-state index is 4.48. The van der Waals surface area contributed by atoms with E-state index in [4.69, 9.17) is 0 Å². The molecular weight excluding hydrogens is 297 g/mol. The van der Waals surface area contributed by atoms with Crippen molar-refractivity contribution in [3.8, 4) is 0 Å². The van der Waals surface area contributed by atoms with Gasteiger partial charge in [-0.1, -0.05) is 0 Å². The molecule has 0 aromatic carbocycles. The van der Waals surface area contributed by atoms with Crippen molar-refractivity contribution < 1.29 is 0 Å². The monoisotopic (exact) mass is 320 g/mol. The van der Waals surface area contributed by atoms with Crippen LogP contribution in [0.5, 0.6) is 0 Å². The summed E-state index contributed by atoms with van der Waals surface area (Å²) in [5.74, 6) is 1.07. The minimum atomic E-state index is 0.526. The summed E-state index contributed by atoms with van der Waals surface area (Å²) < 4.78 is 0.968. The standard InChI is InChI=1S/C15H23AsN3/c1-16-12-7-9-19(11-12)14-6-8-17-15(10-14)18-13-4-2-3-5-13/h6,8,10,12-13H,2-5,7,9,11H2,1H3,(H,17,18)/t12-/m0/s1. The summed E-state index contributed by atoms with van der Waals surface area (Å²) in [6.45, 7) is 2.48. The van der Waals surface area contributed by atoms with Crippen LogP contribution in [0.1, 0.15) is 32.1 Å². The fraction of sp³-hybridized carbons (Fsp3) is 0.667. The van der Waals surface area contributed by atoms with E-state index >= 15 is 0 Å². The molecule has 1 radical (unpaired) electrons. The zero-order valence-electron chi connectivity index (χ0n) is 11.7. The normalized spacial score (nSPS) is 24.7. The van der Waals surface area contributed by atoms with E-state index in [1.165, 1.54) is 50.9 Å². The van der Waals surface area contributed by atoms with Gasteiger partial charge in [-0.15, -0.1) is 0 Å². The summed E-state index contributed by atoms with van der Waals surface area (Å²) in [4.78, 5) is 7.01. The van der Waals surface area contributed by atoms with Gasteiger partial charge in [-0.25, -0.2) is 0 Å². The summed E-state index contributed by atoms with van der Waals surface area (Å²) in [5.41, 5.74) is 3.75. The molecule has 1 aromatic heterocycles. The Kier molecular flexibility index (Phi) is 4.32. The molecule has 19 heavy (non-hydrogen) atoms. The fourth-order valence-electron chi connectivity index (χ4n) is 3.16. The molecule has 2 fully saturated rings. The van der Waals surface area contributed by atoms with Crippen LogP contribution in [0.4, 0.5) is 11.5 Å². The average Bonchev–Trinajstić information content (AvgIpc) is 3.09. The van der Waals surface area contributed by atoms with E-state index in [9.17, 15) is 0 Å². The van der Waals surface area contributed by atoms with Gasteiger partial charge in [0, 0.05) is 0 Å². The van der Waals surface area contributed by atoms with E-state index in [1.807, 2.05) is 6.20 Å². The van der Waals surface area contributed by atoms with E-state index < -0.39 is 0 Å². The molecule has 3 nitrogen and oxygen atoms in total. The van der Waals surface area contributed by atoms with Crippen LogP contribution in [0.3, 0.4) is 0 Å². The van der Waals surface area contributed by atoms with Crippen LogP contribution in [-0.2, 0) is 0 Å². The van der Waals surface area contributed by atoms with Gasteiger partial charge in [0.25, 0.3) is 0 Å². The van der Waals surface area contributed by atoms with Gasteiger partial charge in [0.05, 0.1) is 0 Å². The van der Waals surface area contributed by atoms with Gasteiger partial charge in [0.2, 0.25) is 0 Å². The molecule has 3 rings (SSSR count). The van der Waals surface area contributed by atoms with Crippen molar-refractivity contribution in [2.45, 2.75) is 48.6 Å². The van der Waals surface area contributed by atoms with E-state index in [2.05, 4.69) is 33.0 Å². The molecule has 1 aromatic rings. The van der Waals surface area contributed by atoms with Crippen LogP contribution in [0.15, 0.2) is 18.3 Å². The molecule has 0 amide bonds. The van der Waals surface area contributed by atoms with Crippen LogP contribution < -0.4 is 10.2 Å². The molecule has 0 bridgehead atoms. The van der Waals surface area contributed by atoms with Gasteiger partial charge >= 0.3 is 122 Å². The summed E-state index contributed by atoms with van der Waals surface area (Å²) in [6.07, 6.45) is 8.67. The number of pyridine rings is 1. The maximum absolute atomic E-state index is 4.48. The van der Waals surface area contributed by atoms with Crippen molar-refractivity contribution in [1.29, 1.82) is 0 Å². The Bertz CT molecular complexity index is 418. The quantitative estimate of drug-likeness (QED) is 0.864. The Morgan fingerprint density at radius 3 is 2.89 bits per heavy atom. The summed E-state index contributed by atoms with van der Waals surface area (Å²) in [6, 6.07) is 5.05. The van der Waals surface area contributed by atoms with E-state index in [1.54, 1.807) is 0 Å². The molecule has 4 heteroatoms. The molecule has 1 atom stereocenters. The molecule has 1 aliphatic carbocycles. The van der Waals surface area contributed by atoms with E-state index in [-0.39, 0.29) is 0 Å². The number of hydrogen-bond acceptors (Lipinski definition) is 3. The average molecular weight is 320 g/mol. The van der Waals surface area contributed by atoms with Crippen LogP contribution >= 0.6 is 0 Å². The fourth-order valence-corrected chi connectivity index (χ4v) is 4.70. The summed E-state index contributed by atoms with van der Waals surface area (Å²) in [5, 5.41) is 3.60. The SMILES string of the molecule is C[As][C@H]1CCN(c2ccnc(NC3CCCC3)c2)C1. The first-order chi connectivity index (χ1) is 9.35. The molecule has 0 unspecified atom stereocenters. The van der Waals surface area contributed by atoms with Crippen LogP contribution in [0, 0.1) is 0 Å². The number of hydrogen-bond donors (Lipinski definition) is 1. The van der Waals surface area contributed by atoms with Gasteiger partial charge in [-0.05, 0) is 0 Å². The number of aromatic nitrogens is 1. The number of nitrogens with zero attached hydrogens (tertiary/aromatic N) is 2. The molecular formula is C15H23AsN3. The second kappa shape index (κ2) is 6.17. The first-order valence-corrected chi connectivity index (χ1v) is 10.4. The van der Waals surface area contributed by atoms with Gasteiger partial charge in [-0.3, -0.25) is 0 Å². The van der Waals surface area contributed by atoms with Crippen molar-refractivity contribution in [1.82, 2.24) is 4.98 Å². The molecule has 1 saturated heterocycles. The third-order valence-electron chi connectivity index (χ3n) is 4.34. The van der Waals surface area contributed by atoms with Crippen molar-refractivity contribution in [2.75, 3.05) is 23.3 Å². The molecule has 2 aliphatic rings. The Hall–Kier alpha value is -0.692. The van der Waals surface area contributed by atoms with Gasteiger partial charge in [0.15, 0.2) is 0 Å². The van der Waals surface area contributed by atoms with Crippen LogP contribution in [0.2, 0.25) is 10.4 Å². The Morgan fingerprint density at radius 2 is 2.16 bits per heavy atom.